The van der Waals surface area contributed by atoms with Crippen molar-refractivity contribution in [3.05, 3.63) is 70.2 Å². The third-order valence-corrected chi connectivity index (χ3v) is 3.78. The first-order valence-electron chi connectivity index (χ1n) is 6.99. The maximum atomic E-state index is 5.65. The Balaban J connectivity index is 2.01. The van der Waals surface area contributed by atoms with E-state index in [-0.39, 0.29) is 0 Å². The second kappa shape index (κ2) is 8.20. The molecule has 0 aliphatic carbocycles. The van der Waals surface area contributed by atoms with Crippen molar-refractivity contribution >= 4 is 15.9 Å². The van der Waals surface area contributed by atoms with Crippen LogP contribution < -0.4 is 5.73 Å². The second-order valence-electron chi connectivity index (χ2n) is 4.96. The maximum absolute atomic E-state index is 5.65. The quantitative estimate of drug-likeness (QED) is 0.835. The normalized spacial score (nSPS) is 10.9. The van der Waals surface area contributed by atoms with Crippen LogP contribution in [0.4, 0.5) is 0 Å². The summed E-state index contributed by atoms with van der Waals surface area (Å²) in [7, 11) is 0. The largest absolute Gasteiger partial charge is 0.330 e. The molecule has 0 heterocycles. The van der Waals surface area contributed by atoms with E-state index in [1.165, 1.54) is 11.1 Å². The maximum Gasteiger partial charge on any atom is 0.0237 e. The highest BCUT2D eigenvalue weighted by Crippen LogP contribution is 2.14. The van der Waals surface area contributed by atoms with Gasteiger partial charge in [0.1, 0.15) is 0 Å². The zero-order valence-corrected chi connectivity index (χ0v) is 13.2. The van der Waals surface area contributed by atoms with Gasteiger partial charge in [0.25, 0.3) is 0 Å². The van der Waals surface area contributed by atoms with Crippen molar-refractivity contribution in [3.8, 4) is 0 Å². The lowest BCUT2D eigenvalue weighted by Gasteiger charge is -2.22. The number of halogens is 1. The predicted molar refractivity (Wildman–Crippen MR) is 88.4 cm³/mol. The molecule has 0 aliphatic rings. The summed E-state index contributed by atoms with van der Waals surface area (Å²) >= 11 is 3.48. The molecule has 0 saturated heterocycles. The molecular weight excluding hydrogens is 312 g/mol. The van der Waals surface area contributed by atoms with E-state index in [0.717, 1.165) is 37.1 Å². The van der Waals surface area contributed by atoms with Crippen molar-refractivity contribution in [3.63, 3.8) is 0 Å². The van der Waals surface area contributed by atoms with Gasteiger partial charge < -0.3 is 5.73 Å². The molecule has 0 fully saturated rings. The molecule has 0 unspecified atom stereocenters. The molecule has 0 saturated carbocycles. The second-order valence-corrected chi connectivity index (χ2v) is 5.88. The fraction of sp³-hybridized carbons (Fsp3) is 0.294. The molecule has 2 rings (SSSR count). The fourth-order valence-electron chi connectivity index (χ4n) is 2.22. The summed E-state index contributed by atoms with van der Waals surface area (Å²) in [5.74, 6) is 0. The van der Waals surface area contributed by atoms with Gasteiger partial charge in [-0.1, -0.05) is 58.4 Å². The summed E-state index contributed by atoms with van der Waals surface area (Å²) in [5.41, 5.74) is 8.33. The first-order chi connectivity index (χ1) is 9.78. The Kier molecular flexibility index (Phi) is 6.25. The van der Waals surface area contributed by atoms with Crippen LogP contribution in [0.2, 0.25) is 0 Å². The summed E-state index contributed by atoms with van der Waals surface area (Å²) in [6, 6.07) is 19.1. The van der Waals surface area contributed by atoms with Crippen molar-refractivity contribution in [1.82, 2.24) is 4.90 Å². The van der Waals surface area contributed by atoms with Gasteiger partial charge in [-0.25, -0.2) is 0 Å². The average Bonchev–Trinajstić information content (AvgIpc) is 2.48. The molecule has 0 atom stereocenters. The van der Waals surface area contributed by atoms with Crippen molar-refractivity contribution in [1.29, 1.82) is 0 Å². The van der Waals surface area contributed by atoms with Crippen LogP contribution in [-0.2, 0) is 13.1 Å². The van der Waals surface area contributed by atoms with Gasteiger partial charge in [-0.3, -0.25) is 4.90 Å². The highest BCUT2D eigenvalue weighted by molar-refractivity contribution is 9.10. The van der Waals surface area contributed by atoms with Gasteiger partial charge in [0.05, 0.1) is 0 Å². The van der Waals surface area contributed by atoms with Crippen LogP contribution >= 0.6 is 15.9 Å². The average molecular weight is 333 g/mol. The van der Waals surface area contributed by atoms with Crippen molar-refractivity contribution in [2.45, 2.75) is 19.5 Å². The molecule has 0 amide bonds. The van der Waals surface area contributed by atoms with Gasteiger partial charge in [-0.15, -0.1) is 0 Å². The standard InChI is InChI=1S/C17H21BrN2/c18-17-9-7-16(8-10-17)14-20(12-4-11-19)13-15-5-2-1-3-6-15/h1-3,5-10H,4,11-14,19H2. The number of nitrogens with two attached hydrogens (primary N) is 1. The van der Waals surface area contributed by atoms with Gasteiger partial charge in [-0.05, 0) is 36.2 Å². The Hall–Kier alpha value is -1.16. The Labute approximate surface area is 129 Å². The zero-order chi connectivity index (χ0) is 14.2. The summed E-state index contributed by atoms with van der Waals surface area (Å²) in [5, 5.41) is 0. The summed E-state index contributed by atoms with van der Waals surface area (Å²) in [6.45, 7) is 3.70. The fourth-order valence-corrected chi connectivity index (χ4v) is 2.48. The number of hydrogen-bond donors (Lipinski definition) is 1. The van der Waals surface area contributed by atoms with E-state index in [1.54, 1.807) is 0 Å². The molecule has 0 spiro atoms. The number of hydrogen-bond acceptors (Lipinski definition) is 2. The van der Waals surface area contributed by atoms with E-state index in [0.29, 0.717) is 0 Å². The third-order valence-electron chi connectivity index (χ3n) is 3.25. The smallest absolute Gasteiger partial charge is 0.0237 e. The number of nitrogens with zero attached hydrogens (tertiary/aromatic N) is 1. The minimum Gasteiger partial charge on any atom is -0.330 e. The van der Waals surface area contributed by atoms with Crippen LogP contribution in [0.25, 0.3) is 0 Å². The highest BCUT2D eigenvalue weighted by atomic mass is 79.9. The van der Waals surface area contributed by atoms with E-state index >= 15 is 0 Å². The summed E-state index contributed by atoms with van der Waals surface area (Å²) < 4.78 is 1.12. The zero-order valence-electron chi connectivity index (χ0n) is 11.6. The van der Waals surface area contributed by atoms with Crippen LogP contribution in [0.15, 0.2) is 59.1 Å². The lowest BCUT2D eigenvalue weighted by Crippen LogP contribution is -2.25. The number of benzene rings is 2. The summed E-state index contributed by atoms with van der Waals surface area (Å²) in [6.07, 6.45) is 1.03. The summed E-state index contributed by atoms with van der Waals surface area (Å²) in [4.78, 5) is 2.45. The van der Waals surface area contributed by atoms with Crippen LogP contribution in [0, 0.1) is 0 Å². The molecule has 2 aromatic rings. The lowest BCUT2D eigenvalue weighted by atomic mass is 10.1. The SMILES string of the molecule is NCCCN(Cc1ccccc1)Cc1ccc(Br)cc1. The molecule has 20 heavy (non-hydrogen) atoms. The van der Waals surface area contributed by atoms with Gasteiger partial charge in [0, 0.05) is 24.1 Å². The first-order valence-corrected chi connectivity index (χ1v) is 7.78. The number of rotatable bonds is 7. The molecule has 3 heteroatoms. The molecule has 2 aromatic carbocycles. The van der Waals surface area contributed by atoms with E-state index < -0.39 is 0 Å². The van der Waals surface area contributed by atoms with Crippen LogP contribution in [0.1, 0.15) is 17.5 Å². The molecule has 0 aromatic heterocycles. The van der Waals surface area contributed by atoms with E-state index in [4.69, 9.17) is 5.73 Å². The van der Waals surface area contributed by atoms with Gasteiger partial charge >= 0.3 is 0 Å². The third kappa shape index (κ3) is 5.08. The van der Waals surface area contributed by atoms with Crippen LogP contribution in [-0.4, -0.2) is 18.0 Å². The Morgan fingerprint density at radius 3 is 2.05 bits per heavy atom. The molecule has 0 bridgehead atoms. The van der Waals surface area contributed by atoms with E-state index in [1.807, 2.05) is 0 Å². The molecule has 0 aliphatic heterocycles. The van der Waals surface area contributed by atoms with Crippen molar-refractivity contribution < 1.29 is 0 Å². The first kappa shape index (κ1) is 15.2. The Bertz CT molecular complexity index is 496. The minimum absolute atomic E-state index is 0.742. The van der Waals surface area contributed by atoms with E-state index in [9.17, 15) is 0 Å². The van der Waals surface area contributed by atoms with Crippen molar-refractivity contribution in [2.75, 3.05) is 13.1 Å². The molecule has 2 N–H and O–H groups in total. The molecule has 106 valence electrons. The van der Waals surface area contributed by atoms with Gasteiger partial charge in [-0.2, -0.15) is 0 Å². The van der Waals surface area contributed by atoms with Crippen LogP contribution in [0.3, 0.4) is 0 Å². The monoisotopic (exact) mass is 332 g/mol. The predicted octanol–water partition coefficient (Wildman–Crippen LogP) is 3.80. The minimum atomic E-state index is 0.742. The molecule has 2 nitrogen and oxygen atoms in total. The van der Waals surface area contributed by atoms with Gasteiger partial charge in [0.2, 0.25) is 0 Å². The topological polar surface area (TPSA) is 29.3 Å². The lowest BCUT2D eigenvalue weighted by molar-refractivity contribution is 0.255. The molecule has 0 radical (unpaired) electrons. The van der Waals surface area contributed by atoms with Crippen molar-refractivity contribution in [2.24, 2.45) is 5.73 Å². The van der Waals surface area contributed by atoms with Gasteiger partial charge in [0.15, 0.2) is 0 Å². The van der Waals surface area contributed by atoms with E-state index in [2.05, 4.69) is 75.4 Å². The van der Waals surface area contributed by atoms with Crippen LogP contribution in [0.5, 0.6) is 0 Å². The highest BCUT2D eigenvalue weighted by Gasteiger charge is 2.06. The Morgan fingerprint density at radius 1 is 0.850 bits per heavy atom. The Morgan fingerprint density at radius 2 is 1.45 bits per heavy atom. The molecular formula is C17H21BrN2.